The molecule has 0 aromatic heterocycles. The lowest BCUT2D eigenvalue weighted by Gasteiger charge is -2.07. The molecule has 0 atom stereocenters. The van der Waals surface area contributed by atoms with Crippen molar-refractivity contribution in [3.8, 4) is 0 Å². The summed E-state index contributed by atoms with van der Waals surface area (Å²) in [4.78, 5) is 23.1. The van der Waals surface area contributed by atoms with E-state index in [9.17, 15) is 9.59 Å². The molecule has 0 saturated heterocycles. The summed E-state index contributed by atoms with van der Waals surface area (Å²) < 4.78 is 0. The number of anilines is 1. The molecule has 0 spiro atoms. The van der Waals surface area contributed by atoms with Crippen LogP contribution >= 0.6 is 11.8 Å². The van der Waals surface area contributed by atoms with Gasteiger partial charge >= 0.3 is 0 Å². The number of carbonyl (C=O) groups excluding carboxylic acids is 2. The molecule has 0 bridgehead atoms. The van der Waals surface area contributed by atoms with Crippen LogP contribution in [0.2, 0.25) is 0 Å². The van der Waals surface area contributed by atoms with Crippen molar-refractivity contribution in [2.45, 2.75) is 19.8 Å². The normalized spacial score (nSPS) is 11.0. The number of hydrogen-bond donors (Lipinski definition) is 3. The van der Waals surface area contributed by atoms with Crippen LogP contribution in [0.25, 0.3) is 0 Å². The van der Waals surface area contributed by atoms with Crippen molar-refractivity contribution in [3.63, 3.8) is 0 Å². The van der Waals surface area contributed by atoms with Gasteiger partial charge in [-0.25, -0.2) is 5.43 Å². The van der Waals surface area contributed by atoms with Crippen LogP contribution in [0.1, 0.15) is 18.4 Å². The zero-order valence-corrected chi connectivity index (χ0v) is 12.3. The minimum absolute atomic E-state index is 0.0584. The van der Waals surface area contributed by atoms with Gasteiger partial charge in [-0.3, -0.25) is 9.59 Å². The Kier molecular flexibility index (Phi) is 6.58. The fourth-order valence-electron chi connectivity index (χ4n) is 1.37. The molecule has 1 aromatic carbocycles. The van der Waals surface area contributed by atoms with Gasteiger partial charge in [-0.05, 0) is 24.8 Å². The Morgan fingerprint density at radius 3 is 2.55 bits per heavy atom. The lowest BCUT2D eigenvalue weighted by Crippen LogP contribution is -2.23. The number of rotatable bonds is 5. The molecule has 108 valence electrons. The molecule has 1 rings (SSSR count). The van der Waals surface area contributed by atoms with E-state index in [0.29, 0.717) is 0 Å². The molecule has 6 nitrogen and oxygen atoms in total. The molecule has 0 radical (unpaired) electrons. The molecular weight excluding hydrogens is 276 g/mol. The van der Waals surface area contributed by atoms with Crippen molar-refractivity contribution in [2.24, 2.45) is 10.8 Å². The Bertz CT molecular complexity index is 517. The molecule has 0 saturated carbocycles. The maximum absolute atomic E-state index is 11.7. The van der Waals surface area contributed by atoms with Crippen LogP contribution in [-0.4, -0.2) is 23.2 Å². The Balaban J connectivity index is 2.37. The Hall–Kier alpha value is -2.02. The van der Waals surface area contributed by atoms with E-state index in [2.05, 4.69) is 15.8 Å². The van der Waals surface area contributed by atoms with Crippen molar-refractivity contribution in [2.75, 3.05) is 11.6 Å². The van der Waals surface area contributed by atoms with Crippen molar-refractivity contribution >= 4 is 34.4 Å². The molecule has 4 N–H and O–H groups in total. The van der Waals surface area contributed by atoms with Gasteiger partial charge in [0.1, 0.15) is 0 Å². The van der Waals surface area contributed by atoms with E-state index in [1.807, 2.05) is 31.2 Å². The number of amidine groups is 1. The summed E-state index contributed by atoms with van der Waals surface area (Å²) >= 11 is 1.23. The molecule has 7 heteroatoms. The molecule has 20 heavy (non-hydrogen) atoms. The third kappa shape index (κ3) is 5.75. The monoisotopic (exact) mass is 294 g/mol. The highest BCUT2D eigenvalue weighted by Gasteiger charge is 2.07. The van der Waals surface area contributed by atoms with E-state index in [0.717, 1.165) is 11.3 Å². The zero-order chi connectivity index (χ0) is 15.0. The Morgan fingerprint density at radius 1 is 1.25 bits per heavy atom. The first-order chi connectivity index (χ1) is 9.52. The third-order valence-corrected chi connectivity index (χ3v) is 3.01. The van der Waals surface area contributed by atoms with Crippen LogP contribution < -0.4 is 16.5 Å². The summed E-state index contributed by atoms with van der Waals surface area (Å²) in [6.07, 6.45) is 1.90. The predicted molar refractivity (Wildman–Crippen MR) is 82.3 cm³/mol. The van der Waals surface area contributed by atoms with Crippen molar-refractivity contribution < 1.29 is 9.59 Å². The number of amides is 2. The highest BCUT2D eigenvalue weighted by Crippen LogP contribution is 2.13. The molecule has 0 aliphatic heterocycles. The maximum atomic E-state index is 11.7. The van der Waals surface area contributed by atoms with Gasteiger partial charge < -0.3 is 11.1 Å². The predicted octanol–water partition coefficient (Wildman–Crippen LogP) is 1.42. The number of nitrogens with one attached hydrogen (secondary N) is 2. The average Bonchev–Trinajstić information content (AvgIpc) is 2.45. The summed E-state index contributed by atoms with van der Waals surface area (Å²) in [7, 11) is 0. The lowest BCUT2D eigenvalue weighted by atomic mass is 10.2. The van der Waals surface area contributed by atoms with Crippen LogP contribution in [0.5, 0.6) is 0 Å². The minimum atomic E-state index is -0.345. The smallest absolute Gasteiger partial charge is 0.240 e. The largest absolute Gasteiger partial charge is 0.377 e. The summed E-state index contributed by atoms with van der Waals surface area (Å²) in [5, 5.41) is 6.67. The summed E-state index contributed by atoms with van der Waals surface area (Å²) in [5.41, 5.74) is 9.43. The van der Waals surface area contributed by atoms with Gasteiger partial charge in [-0.1, -0.05) is 30.0 Å². The summed E-state index contributed by atoms with van der Waals surface area (Å²) in [6, 6.07) is 7.46. The highest BCUT2D eigenvalue weighted by molar-refractivity contribution is 8.13. The average molecular weight is 294 g/mol. The van der Waals surface area contributed by atoms with Crippen LogP contribution in [-0.2, 0) is 9.59 Å². The second-order valence-electron chi connectivity index (χ2n) is 4.05. The van der Waals surface area contributed by atoms with E-state index in [4.69, 9.17) is 5.73 Å². The molecule has 0 aliphatic rings. The second kappa shape index (κ2) is 8.21. The van der Waals surface area contributed by atoms with Gasteiger partial charge in [0.25, 0.3) is 0 Å². The third-order valence-electron chi connectivity index (χ3n) is 2.50. The van der Waals surface area contributed by atoms with E-state index >= 15 is 0 Å². The first-order valence-electron chi connectivity index (χ1n) is 6.04. The molecule has 1 aromatic rings. The SMILES string of the molecule is CS/C(N)=N/NC(=O)CCC(=O)Nc1ccccc1C. The lowest BCUT2D eigenvalue weighted by molar-refractivity contribution is -0.124. The van der Waals surface area contributed by atoms with Gasteiger partial charge in [-0.2, -0.15) is 0 Å². The quantitative estimate of drug-likeness (QED) is 0.435. The topological polar surface area (TPSA) is 96.6 Å². The van der Waals surface area contributed by atoms with Crippen LogP contribution in [0.3, 0.4) is 0 Å². The van der Waals surface area contributed by atoms with Gasteiger partial charge in [0.05, 0.1) is 0 Å². The van der Waals surface area contributed by atoms with Gasteiger partial charge in [0.15, 0.2) is 5.17 Å². The molecular formula is C13H18N4O2S. The van der Waals surface area contributed by atoms with Crippen molar-refractivity contribution in [1.82, 2.24) is 5.43 Å². The number of thioether (sulfide) groups is 1. The van der Waals surface area contributed by atoms with Crippen LogP contribution in [0, 0.1) is 6.92 Å². The number of benzene rings is 1. The number of nitrogens with zero attached hydrogens (tertiary/aromatic N) is 1. The Labute approximate surface area is 122 Å². The summed E-state index contributed by atoms with van der Waals surface area (Å²) in [6.45, 7) is 1.90. The molecule has 0 heterocycles. The first-order valence-corrected chi connectivity index (χ1v) is 7.27. The minimum Gasteiger partial charge on any atom is -0.377 e. The van der Waals surface area contributed by atoms with E-state index in [1.54, 1.807) is 6.26 Å². The number of carbonyl (C=O) groups is 2. The second-order valence-corrected chi connectivity index (χ2v) is 4.88. The van der Waals surface area contributed by atoms with Gasteiger partial charge in [0, 0.05) is 18.5 Å². The molecule has 0 aliphatic carbocycles. The number of para-hydroxylation sites is 1. The zero-order valence-electron chi connectivity index (χ0n) is 11.5. The highest BCUT2D eigenvalue weighted by atomic mass is 32.2. The van der Waals surface area contributed by atoms with Crippen molar-refractivity contribution in [3.05, 3.63) is 29.8 Å². The number of hydrazone groups is 1. The molecule has 0 fully saturated rings. The van der Waals surface area contributed by atoms with Crippen LogP contribution in [0.15, 0.2) is 29.4 Å². The van der Waals surface area contributed by atoms with E-state index in [-0.39, 0.29) is 29.8 Å². The molecule has 0 unspecified atom stereocenters. The van der Waals surface area contributed by atoms with Gasteiger partial charge in [-0.15, -0.1) is 5.10 Å². The van der Waals surface area contributed by atoms with Crippen molar-refractivity contribution in [1.29, 1.82) is 0 Å². The van der Waals surface area contributed by atoms with Gasteiger partial charge in [0.2, 0.25) is 11.8 Å². The fourth-order valence-corrected chi connectivity index (χ4v) is 1.51. The Morgan fingerprint density at radius 2 is 1.90 bits per heavy atom. The molecule has 2 amide bonds. The standard InChI is InChI=1S/C13H18N4O2S/c1-9-5-3-4-6-10(9)15-11(18)7-8-12(19)16-17-13(14)20-2/h3-6H,7-8H2,1-2H3,(H2,14,17)(H,15,18)(H,16,19). The number of hydrogen-bond acceptors (Lipinski definition) is 4. The van der Waals surface area contributed by atoms with E-state index in [1.165, 1.54) is 11.8 Å². The number of nitrogens with two attached hydrogens (primary N) is 1. The fraction of sp³-hybridized carbons (Fsp3) is 0.308. The first kappa shape index (κ1) is 16.0. The number of aryl methyl sites for hydroxylation is 1. The van der Waals surface area contributed by atoms with Crippen LogP contribution in [0.4, 0.5) is 5.69 Å². The maximum Gasteiger partial charge on any atom is 0.240 e. The summed E-state index contributed by atoms with van der Waals surface area (Å²) in [5.74, 6) is -0.557. The van der Waals surface area contributed by atoms with E-state index < -0.39 is 0 Å².